The molecule has 1 aromatic rings. The molecule has 1 unspecified atom stereocenters. The lowest BCUT2D eigenvalue weighted by atomic mass is 10.1. The number of nitrogens with zero attached hydrogens (tertiary/aromatic N) is 1. The quantitative estimate of drug-likeness (QED) is 0.855. The lowest BCUT2D eigenvalue weighted by molar-refractivity contribution is 0.0938. The normalized spacial score (nSPS) is 17.9. The van der Waals surface area contributed by atoms with Crippen molar-refractivity contribution in [1.82, 2.24) is 9.62 Å². The van der Waals surface area contributed by atoms with Gasteiger partial charge in [0.2, 0.25) is 10.0 Å². The molecule has 0 bridgehead atoms. The molecule has 5 nitrogen and oxygen atoms in total. The van der Waals surface area contributed by atoms with E-state index in [0.717, 1.165) is 38.5 Å². The van der Waals surface area contributed by atoms with E-state index in [9.17, 15) is 13.2 Å². The highest BCUT2D eigenvalue weighted by Gasteiger charge is 2.25. The number of carbonyl (C=O) groups is 1. The molecule has 0 saturated carbocycles. The van der Waals surface area contributed by atoms with Crippen LogP contribution in [0.5, 0.6) is 0 Å². The van der Waals surface area contributed by atoms with Gasteiger partial charge in [-0.15, -0.1) is 0 Å². The van der Waals surface area contributed by atoms with Crippen LogP contribution in [0.2, 0.25) is 0 Å². The molecule has 1 aliphatic rings. The molecule has 1 aliphatic heterocycles. The third-order valence-corrected chi connectivity index (χ3v) is 6.29. The second-order valence-corrected chi connectivity index (χ2v) is 8.45. The van der Waals surface area contributed by atoms with Gasteiger partial charge in [0.05, 0.1) is 4.90 Å². The highest BCUT2D eigenvalue weighted by Crippen LogP contribution is 2.21. The van der Waals surface area contributed by atoms with Crippen LogP contribution in [-0.4, -0.2) is 37.8 Å². The fraction of sp³-hybridized carbons (Fsp3) is 0.611. The van der Waals surface area contributed by atoms with Gasteiger partial charge in [-0.3, -0.25) is 4.79 Å². The molecule has 0 aliphatic carbocycles. The first kappa shape index (κ1) is 18.9. The van der Waals surface area contributed by atoms with E-state index in [1.165, 1.54) is 6.07 Å². The number of hydrogen-bond donors (Lipinski definition) is 1. The lowest BCUT2D eigenvalue weighted by Crippen LogP contribution is -2.33. The second-order valence-electron chi connectivity index (χ2n) is 6.51. The molecule has 2 rings (SSSR count). The maximum Gasteiger partial charge on any atom is 0.251 e. The summed E-state index contributed by atoms with van der Waals surface area (Å²) in [5.41, 5.74) is 0.397. The number of benzene rings is 1. The summed E-state index contributed by atoms with van der Waals surface area (Å²) in [6.45, 7) is 5.15. The van der Waals surface area contributed by atoms with E-state index in [0.29, 0.717) is 18.7 Å². The number of carbonyl (C=O) groups excluding carboxylic acids is 1. The molecule has 0 radical (unpaired) electrons. The molecule has 1 fully saturated rings. The molecule has 1 amide bonds. The van der Waals surface area contributed by atoms with Crippen molar-refractivity contribution in [1.29, 1.82) is 0 Å². The molecule has 134 valence electrons. The molecule has 0 aromatic heterocycles. The van der Waals surface area contributed by atoms with E-state index in [4.69, 9.17) is 0 Å². The summed E-state index contributed by atoms with van der Waals surface area (Å²) in [7, 11) is -3.53. The van der Waals surface area contributed by atoms with E-state index < -0.39 is 10.0 Å². The minimum absolute atomic E-state index is 0.0772. The largest absolute Gasteiger partial charge is 0.350 e. The average molecular weight is 353 g/mol. The summed E-state index contributed by atoms with van der Waals surface area (Å²) < 4.78 is 27.2. The zero-order valence-corrected chi connectivity index (χ0v) is 15.4. The Morgan fingerprint density at radius 1 is 1.21 bits per heavy atom. The van der Waals surface area contributed by atoms with E-state index in [-0.39, 0.29) is 16.8 Å². The summed E-state index contributed by atoms with van der Waals surface area (Å²) in [5.74, 6) is -0.219. The Kier molecular flexibility index (Phi) is 6.80. The Balaban J connectivity index is 2.18. The minimum atomic E-state index is -3.53. The van der Waals surface area contributed by atoms with Crippen molar-refractivity contribution in [3.8, 4) is 0 Å². The van der Waals surface area contributed by atoms with E-state index in [1.54, 1.807) is 22.5 Å². The van der Waals surface area contributed by atoms with Crippen LogP contribution in [0, 0.1) is 0 Å². The van der Waals surface area contributed by atoms with Crippen LogP contribution in [0.25, 0.3) is 0 Å². The van der Waals surface area contributed by atoms with Crippen molar-refractivity contribution < 1.29 is 13.2 Å². The van der Waals surface area contributed by atoms with Crippen LogP contribution in [0.4, 0.5) is 0 Å². The molecule has 0 spiro atoms. The summed E-state index contributed by atoms with van der Waals surface area (Å²) in [6.07, 6.45) is 5.83. The highest BCUT2D eigenvalue weighted by atomic mass is 32.2. The number of hydrogen-bond acceptors (Lipinski definition) is 3. The summed E-state index contributed by atoms with van der Waals surface area (Å²) >= 11 is 0. The number of amides is 1. The SMILES string of the molecule is CCCC(C)NC(=O)c1cccc(S(=O)(=O)N2CCCCCC2)c1. The zero-order chi connectivity index (χ0) is 17.6. The van der Waals surface area contributed by atoms with E-state index >= 15 is 0 Å². The van der Waals surface area contributed by atoms with Gasteiger partial charge in [-0.1, -0.05) is 32.3 Å². The number of rotatable bonds is 6. The Bertz CT molecular complexity index is 650. The Labute approximate surface area is 145 Å². The van der Waals surface area contributed by atoms with Gasteiger partial charge in [-0.2, -0.15) is 4.31 Å². The van der Waals surface area contributed by atoms with Crippen LogP contribution >= 0.6 is 0 Å². The van der Waals surface area contributed by atoms with Gasteiger partial charge >= 0.3 is 0 Å². The van der Waals surface area contributed by atoms with Crippen molar-refractivity contribution in [2.24, 2.45) is 0 Å². The second kappa shape index (κ2) is 8.62. The molecular formula is C18H28N2O3S. The van der Waals surface area contributed by atoms with Crippen molar-refractivity contribution >= 4 is 15.9 Å². The van der Waals surface area contributed by atoms with Gasteiger partial charge < -0.3 is 5.32 Å². The molecule has 1 saturated heterocycles. The van der Waals surface area contributed by atoms with E-state index in [2.05, 4.69) is 12.2 Å². The van der Waals surface area contributed by atoms with Gasteiger partial charge in [-0.05, 0) is 44.4 Å². The Morgan fingerprint density at radius 2 is 1.88 bits per heavy atom. The van der Waals surface area contributed by atoms with Gasteiger partial charge in [0.15, 0.2) is 0 Å². The van der Waals surface area contributed by atoms with Gasteiger partial charge in [0.25, 0.3) is 5.91 Å². The first-order valence-electron chi connectivity index (χ1n) is 8.86. The average Bonchev–Trinajstić information content (AvgIpc) is 2.85. The lowest BCUT2D eigenvalue weighted by Gasteiger charge is -2.20. The van der Waals surface area contributed by atoms with Crippen molar-refractivity contribution in [2.75, 3.05) is 13.1 Å². The minimum Gasteiger partial charge on any atom is -0.350 e. The fourth-order valence-electron chi connectivity index (χ4n) is 3.04. The standard InChI is InChI=1S/C18H28N2O3S/c1-3-9-15(2)19-18(21)16-10-8-11-17(14-16)24(22,23)20-12-6-4-5-7-13-20/h8,10-11,14-15H,3-7,9,12-13H2,1-2H3,(H,19,21). The van der Waals surface area contributed by atoms with Crippen LogP contribution in [-0.2, 0) is 10.0 Å². The molecule has 1 aromatic carbocycles. The number of sulfonamides is 1. The molecular weight excluding hydrogens is 324 g/mol. The third kappa shape index (κ3) is 4.80. The van der Waals surface area contributed by atoms with Gasteiger partial charge in [0.1, 0.15) is 0 Å². The fourth-order valence-corrected chi connectivity index (χ4v) is 4.60. The van der Waals surface area contributed by atoms with Crippen LogP contribution < -0.4 is 5.32 Å². The summed E-state index contributed by atoms with van der Waals surface area (Å²) in [6, 6.07) is 6.45. The highest BCUT2D eigenvalue weighted by molar-refractivity contribution is 7.89. The van der Waals surface area contributed by atoms with Crippen molar-refractivity contribution in [3.05, 3.63) is 29.8 Å². The zero-order valence-electron chi connectivity index (χ0n) is 14.6. The third-order valence-electron chi connectivity index (χ3n) is 4.40. The smallest absolute Gasteiger partial charge is 0.251 e. The molecule has 1 atom stereocenters. The Morgan fingerprint density at radius 3 is 2.50 bits per heavy atom. The molecule has 6 heteroatoms. The topological polar surface area (TPSA) is 66.5 Å². The first-order valence-corrected chi connectivity index (χ1v) is 10.3. The van der Waals surface area contributed by atoms with Crippen LogP contribution in [0.15, 0.2) is 29.2 Å². The van der Waals surface area contributed by atoms with Crippen molar-refractivity contribution in [2.45, 2.75) is 63.3 Å². The molecule has 1 N–H and O–H groups in total. The monoisotopic (exact) mass is 352 g/mol. The predicted molar refractivity (Wildman–Crippen MR) is 95.5 cm³/mol. The van der Waals surface area contributed by atoms with Gasteiger partial charge in [0, 0.05) is 24.7 Å². The van der Waals surface area contributed by atoms with Crippen molar-refractivity contribution in [3.63, 3.8) is 0 Å². The van der Waals surface area contributed by atoms with Gasteiger partial charge in [-0.25, -0.2) is 8.42 Å². The molecule has 24 heavy (non-hydrogen) atoms. The van der Waals surface area contributed by atoms with Crippen LogP contribution in [0.3, 0.4) is 0 Å². The predicted octanol–water partition coefficient (Wildman–Crippen LogP) is 3.17. The summed E-state index contributed by atoms with van der Waals surface area (Å²) in [4.78, 5) is 12.5. The Hall–Kier alpha value is -1.40. The molecule has 1 heterocycles. The maximum atomic E-state index is 12.8. The van der Waals surface area contributed by atoms with Crippen LogP contribution in [0.1, 0.15) is 62.7 Å². The first-order chi connectivity index (χ1) is 11.4. The summed E-state index contributed by atoms with van der Waals surface area (Å²) in [5, 5.41) is 2.92. The maximum absolute atomic E-state index is 12.8. The van der Waals surface area contributed by atoms with E-state index in [1.807, 2.05) is 6.92 Å². The number of nitrogens with one attached hydrogen (secondary N) is 1.